The van der Waals surface area contributed by atoms with Crippen molar-refractivity contribution in [2.45, 2.75) is 136 Å². The summed E-state index contributed by atoms with van der Waals surface area (Å²) in [6.07, 6.45) is 9.00. The molecule has 2 heterocycles. The highest BCUT2D eigenvalue weighted by molar-refractivity contribution is 5.82. The second-order valence-electron chi connectivity index (χ2n) is 18.1. The number of amides is 2. The van der Waals surface area contributed by atoms with E-state index in [1.807, 2.05) is 60.0 Å². The van der Waals surface area contributed by atoms with Crippen LogP contribution in [-0.4, -0.2) is 104 Å². The lowest BCUT2D eigenvalue weighted by atomic mass is 9.72. The third kappa shape index (κ3) is 11.0. The number of ether oxygens (including phenoxy) is 4. The molecule has 11 nitrogen and oxygen atoms in total. The fourth-order valence-electron chi connectivity index (χ4n) is 8.50. The van der Waals surface area contributed by atoms with Crippen LogP contribution in [0, 0.1) is 22.7 Å². The van der Waals surface area contributed by atoms with Crippen LogP contribution in [0.15, 0.2) is 36.4 Å². The van der Waals surface area contributed by atoms with Gasteiger partial charge in [-0.15, -0.1) is 0 Å². The highest BCUT2D eigenvalue weighted by atomic mass is 16.5. The van der Waals surface area contributed by atoms with Gasteiger partial charge in [0.1, 0.15) is 0 Å². The number of nitrogens with zero attached hydrogens (tertiary/aromatic N) is 2. The van der Waals surface area contributed by atoms with Crippen LogP contribution < -0.4 is 24.7 Å². The molecule has 0 aromatic heterocycles. The molecule has 324 valence electrons. The van der Waals surface area contributed by atoms with Crippen molar-refractivity contribution in [3.8, 4) is 23.0 Å². The van der Waals surface area contributed by atoms with Crippen molar-refractivity contribution in [3.63, 3.8) is 0 Å². The second kappa shape index (κ2) is 20.1. The first-order chi connectivity index (χ1) is 27.7. The van der Waals surface area contributed by atoms with Crippen molar-refractivity contribution in [3.05, 3.63) is 47.5 Å². The molecule has 0 unspecified atom stereocenters. The number of unbranched alkanes of at least 4 members (excludes halogenated alkanes) is 2. The molecule has 0 spiro atoms. The van der Waals surface area contributed by atoms with Crippen LogP contribution in [-0.2, 0) is 9.59 Å². The SMILES string of the molecule is CCCCC(=O)N1C[C@@H](c2ccc(OC)c(OCC3CC3)c2)[C@](C)([C@@H](C)O)C1.CCCC[C@@H](N)C(=O)N1C[C@@H](c2ccc(OC)c(OCC3CC3)c2)[C@](C)([C@@H](C)O)C1. The molecule has 2 aliphatic heterocycles. The summed E-state index contributed by atoms with van der Waals surface area (Å²) >= 11 is 0. The largest absolute Gasteiger partial charge is 0.493 e. The van der Waals surface area contributed by atoms with E-state index >= 15 is 0 Å². The molecule has 7 atom stereocenters. The Morgan fingerprint density at radius 2 is 1.19 bits per heavy atom. The molecule has 58 heavy (non-hydrogen) atoms. The average Bonchev–Trinajstić information content (AvgIpc) is 4.16. The van der Waals surface area contributed by atoms with E-state index in [0.717, 1.165) is 60.7 Å². The summed E-state index contributed by atoms with van der Waals surface area (Å²) in [5, 5.41) is 21.2. The number of aliphatic hydroxyl groups excluding tert-OH is 2. The van der Waals surface area contributed by atoms with Crippen molar-refractivity contribution >= 4 is 11.8 Å². The van der Waals surface area contributed by atoms with E-state index in [1.165, 1.54) is 25.7 Å². The summed E-state index contributed by atoms with van der Waals surface area (Å²) in [5.74, 6) is 4.48. The van der Waals surface area contributed by atoms with E-state index < -0.39 is 23.7 Å². The van der Waals surface area contributed by atoms with Gasteiger partial charge in [0.05, 0.1) is 45.7 Å². The molecule has 2 aliphatic carbocycles. The normalized spacial score (nSPS) is 25.7. The molecule has 4 N–H and O–H groups in total. The minimum absolute atomic E-state index is 0.00555. The lowest BCUT2D eigenvalue weighted by Crippen LogP contribution is -2.44. The first-order valence-electron chi connectivity index (χ1n) is 22.0. The lowest BCUT2D eigenvalue weighted by molar-refractivity contribution is -0.132. The molecule has 2 aromatic carbocycles. The Hall–Kier alpha value is -3.54. The lowest BCUT2D eigenvalue weighted by Gasteiger charge is -2.34. The predicted octanol–water partition coefficient (Wildman–Crippen LogP) is 7.30. The van der Waals surface area contributed by atoms with Gasteiger partial charge in [0.2, 0.25) is 11.8 Å². The summed E-state index contributed by atoms with van der Waals surface area (Å²) in [6, 6.07) is 11.5. The molecule has 6 rings (SSSR count). The van der Waals surface area contributed by atoms with Gasteiger partial charge in [-0.1, -0.05) is 59.1 Å². The minimum atomic E-state index is -0.565. The highest BCUT2D eigenvalue weighted by Gasteiger charge is 2.50. The zero-order valence-electron chi connectivity index (χ0n) is 36.6. The van der Waals surface area contributed by atoms with Gasteiger partial charge >= 0.3 is 0 Å². The van der Waals surface area contributed by atoms with E-state index in [2.05, 4.69) is 27.7 Å². The highest BCUT2D eigenvalue weighted by Crippen LogP contribution is 2.49. The average molecular weight is 808 g/mol. The van der Waals surface area contributed by atoms with Crippen LogP contribution in [0.4, 0.5) is 0 Å². The molecule has 2 amide bonds. The molecule has 11 heteroatoms. The molecular formula is C47H73N3O8. The van der Waals surface area contributed by atoms with E-state index in [9.17, 15) is 19.8 Å². The number of carbonyl (C=O) groups is 2. The van der Waals surface area contributed by atoms with Gasteiger partial charge in [-0.2, -0.15) is 0 Å². The number of aliphatic hydroxyl groups is 2. The molecule has 4 aliphatic rings. The van der Waals surface area contributed by atoms with Gasteiger partial charge in [0, 0.05) is 55.3 Å². The minimum Gasteiger partial charge on any atom is -0.493 e. The Labute approximate surface area is 347 Å². The van der Waals surface area contributed by atoms with Crippen molar-refractivity contribution < 1.29 is 38.7 Å². The van der Waals surface area contributed by atoms with Crippen molar-refractivity contribution in [2.24, 2.45) is 28.4 Å². The third-order valence-corrected chi connectivity index (χ3v) is 13.5. The number of nitrogens with two attached hydrogens (primary N) is 1. The Balaban J connectivity index is 0.000000221. The monoisotopic (exact) mass is 808 g/mol. The topological polar surface area (TPSA) is 144 Å². The number of hydrogen-bond donors (Lipinski definition) is 3. The zero-order valence-corrected chi connectivity index (χ0v) is 36.6. The van der Waals surface area contributed by atoms with Crippen LogP contribution in [0.3, 0.4) is 0 Å². The summed E-state index contributed by atoms with van der Waals surface area (Å²) in [4.78, 5) is 29.4. The van der Waals surface area contributed by atoms with Crippen molar-refractivity contribution in [2.75, 3.05) is 53.6 Å². The fraction of sp³-hybridized carbons (Fsp3) is 0.702. The number of methoxy groups -OCH3 is 2. The maximum atomic E-state index is 13.0. The summed E-state index contributed by atoms with van der Waals surface area (Å²) in [7, 11) is 3.30. The Morgan fingerprint density at radius 3 is 1.60 bits per heavy atom. The number of benzene rings is 2. The Morgan fingerprint density at radius 1 is 0.741 bits per heavy atom. The smallest absolute Gasteiger partial charge is 0.239 e. The van der Waals surface area contributed by atoms with Crippen molar-refractivity contribution in [1.82, 2.24) is 9.80 Å². The van der Waals surface area contributed by atoms with Gasteiger partial charge in [0.15, 0.2) is 23.0 Å². The molecular weight excluding hydrogens is 735 g/mol. The molecule has 0 bridgehead atoms. The Kier molecular flexibility index (Phi) is 15.8. The maximum absolute atomic E-state index is 13.0. The first-order valence-corrected chi connectivity index (χ1v) is 22.0. The fourth-order valence-corrected chi connectivity index (χ4v) is 8.50. The number of carbonyl (C=O) groups excluding carboxylic acids is 2. The van der Waals surface area contributed by atoms with Gasteiger partial charge in [-0.25, -0.2) is 0 Å². The van der Waals surface area contributed by atoms with Crippen LogP contribution >= 0.6 is 0 Å². The van der Waals surface area contributed by atoms with Gasteiger partial charge in [-0.3, -0.25) is 9.59 Å². The molecule has 0 radical (unpaired) electrons. The molecule has 2 saturated carbocycles. The van der Waals surface area contributed by atoms with E-state index in [4.69, 9.17) is 24.7 Å². The number of hydrogen-bond acceptors (Lipinski definition) is 9. The quantitative estimate of drug-likeness (QED) is 0.133. The molecule has 2 saturated heterocycles. The van der Waals surface area contributed by atoms with Crippen LogP contribution in [0.5, 0.6) is 23.0 Å². The molecule has 2 aromatic rings. The Bertz CT molecular complexity index is 1660. The van der Waals surface area contributed by atoms with Gasteiger partial charge in [-0.05, 0) is 99.6 Å². The van der Waals surface area contributed by atoms with E-state index in [0.29, 0.717) is 63.2 Å². The third-order valence-electron chi connectivity index (χ3n) is 13.5. The van der Waals surface area contributed by atoms with Crippen LogP contribution in [0.1, 0.15) is 129 Å². The zero-order chi connectivity index (χ0) is 42.2. The van der Waals surface area contributed by atoms with Crippen molar-refractivity contribution in [1.29, 1.82) is 0 Å². The first kappa shape index (κ1) is 45.5. The van der Waals surface area contributed by atoms with E-state index in [-0.39, 0.29) is 29.1 Å². The molecule has 4 fully saturated rings. The second-order valence-corrected chi connectivity index (χ2v) is 18.1. The summed E-state index contributed by atoms with van der Waals surface area (Å²) in [5.41, 5.74) is 7.49. The van der Waals surface area contributed by atoms with Crippen LogP contribution in [0.2, 0.25) is 0 Å². The maximum Gasteiger partial charge on any atom is 0.239 e. The van der Waals surface area contributed by atoms with Gasteiger partial charge < -0.3 is 44.7 Å². The summed E-state index contributed by atoms with van der Waals surface area (Å²) in [6.45, 7) is 15.7. The summed E-state index contributed by atoms with van der Waals surface area (Å²) < 4.78 is 23.1. The number of likely N-dealkylation sites (tertiary alicyclic amines) is 2. The standard InChI is InChI=1S/C24H38N2O4.C23H35NO4/c1-5-6-7-20(25)23(28)26-13-19(24(3,15-26)16(2)27)18-10-11-21(29-4)22(12-18)30-14-17-8-9-17;1-5-6-7-22(26)24-13-19(23(3,15-24)16(2)25)18-10-11-20(27-4)21(12-18)28-14-17-8-9-17/h10-12,16-17,19-20,27H,5-9,13-15,25H2,1-4H3;10-12,16-17,19,25H,5-9,13-15H2,1-4H3/t16-,19+,20-,24+;16-,19+,23+/m11/s1. The van der Waals surface area contributed by atoms with E-state index in [1.54, 1.807) is 14.2 Å². The predicted molar refractivity (Wildman–Crippen MR) is 228 cm³/mol. The number of rotatable bonds is 19. The van der Waals surface area contributed by atoms with Gasteiger partial charge in [0.25, 0.3) is 0 Å². The van der Waals surface area contributed by atoms with Crippen LogP contribution in [0.25, 0.3) is 0 Å².